The molecule has 0 fully saturated rings. The van der Waals surface area contributed by atoms with Gasteiger partial charge in [0.05, 0.1) is 6.42 Å². The number of unbranched alkanes of at least 4 members (excludes halogenated alkanes) is 1. The van der Waals surface area contributed by atoms with Crippen molar-refractivity contribution >= 4 is 35.0 Å². The molecule has 0 spiro atoms. The molecular weight excluding hydrogens is 419 g/mol. The Morgan fingerprint density at radius 3 is 2.37 bits per heavy atom. The zero-order chi connectivity index (χ0) is 22.1. The summed E-state index contributed by atoms with van der Waals surface area (Å²) in [6, 6.07) is 12.5. The van der Waals surface area contributed by atoms with Crippen LogP contribution in [0.3, 0.4) is 0 Å². The number of benzene rings is 2. The van der Waals surface area contributed by atoms with Crippen LogP contribution in [0.4, 0.5) is 0 Å². The minimum absolute atomic E-state index is 0.109. The number of carbonyl (C=O) groups is 2. The highest BCUT2D eigenvalue weighted by Gasteiger charge is 2.29. The smallest absolute Gasteiger partial charge is 0.242 e. The predicted molar refractivity (Wildman–Crippen MR) is 124 cm³/mol. The van der Waals surface area contributed by atoms with E-state index >= 15 is 0 Å². The number of hydrogen-bond donors (Lipinski definition) is 1. The lowest BCUT2D eigenvalue weighted by molar-refractivity contribution is -0.140. The molecule has 0 aliphatic rings. The van der Waals surface area contributed by atoms with Gasteiger partial charge in [0.15, 0.2) is 0 Å². The van der Waals surface area contributed by atoms with Gasteiger partial charge in [-0.1, -0.05) is 79.4 Å². The highest BCUT2D eigenvalue weighted by molar-refractivity contribution is 6.35. The number of hydrogen-bond acceptors (Lipinski definition) is 2. The fourth-order valence-corrected chi connectivity index (χ4v) is 3.71. The van der Waals surface area contributed by atoms with Gasteiger partial charge < -0.3 is 10.2 Å². The molecule has 0 aromatic heterocycles. The maximum atomic E-state index is 13.3. The molecular formula is C24H30Cl2N2O2. The Morgan fingerprint density at radius 2 is 1.77 bits per heavy atom. The molecule has 0 aliphatic carbocycles. The first-order chi connectivity index (χ1) is 14.3. The maximum Gasteiger partial charge on any atom is 0.242 e. The summed E-state index contributed by atoms with van der Waals surface area (Å²) in [7, 11) is 0. The molecule has 1 unspecified atom stereocenters. The molecule has 2 aromatic rings. The normalized spacial score (nSPS) is 11.8. The van der Waals surface area contributed by atoms with Crippen LogP contribution in [0.25, 0.3) is 0 Å². The number of rotatable bonds is 10. The van der Waals surface area contributed by atoms with Crippen LogP contribution in [-0.2, 0) is 22.6 Å². The summed E-state index contributed by atoms with van der Waals surface area (Å²) in [6.07, 6.45) is 2.64. The summed E-state index contributed by atoms with van der Waals surface area (Å²) in [5.74, 6) is -0.240. The molecule has 2 rings (SSSR count). The van der Waals surface area contributed by atoms with Crippen molar-refractivity contribution in [1.29, 1.82) is 0 Å². The van der Waals surface area contributed by atoms with Crippen LogP contribution < -0.4 is 5.32 Å². The topological polar surface area (TPSA) is 49.4 Å². The largest absolute Gasteiger partial charge is 0.354 e. The van der Waals surface area contributed by atoms with E-state index in [1.54, 1.807) is 23.1 Å². The monoisotopic (exact) mass is 448 g/mol. The van der Waals surface area contributed by atoms with E-state index in [0.29, 0.717) is 23.0 Å². The molecule has 2 aromatic carbocycles. The molecule has 0 saturated carbocycles. The third-order valence-electron chi connectivity index (χ3n) is 5.05. The number of carbonyl (C=O) groups excluding carboxylic acids is 2. The summed E-state index contributed by atoms with van der Waals surface area (Å²) in [4.78, 5) is 27.8. The van der Waals surface area contributed by atoms with Crippen molar-refractivity contribution in [3.05, 3.63) is 69.2 Å². The first-order valence-corrected chi connectivity index (χ1v) is 11.2. The van der Waals surface area contributed by atoms with Gasteiger partial charge in [-0.05, 0) is 43.0 Å². The molecule has 0 saturated heterocycles. The molecule has 6 heteroatoms. The van der Waals surface area contributed by atoms with E-state index in [9.17, 15) is 9.59 Å². The Hall–Kier alpha value is -2.04. The van der Waals surface area contributed by atoms with E-state index in [4.69, 9.17) is 23.2 Å². The second kappa shape index (κ2) is 12.0. The molecule has 30 heavy (non-hydrogen) atoms. The number of amides is 2. The Kier molecular flexibility index (Phi) is 9.67. The van der Waals surface area contributed by atoms with Gasteiger partial charge in [-0.2, -0.15) is 0 Å². The Morgan fingerprint density at radius 1 is 1.07 bits per heavy atom. The van der Waals surface area contributed by atoms with Gasteiger partial charge in [-0.25, -0.2) is 0 Å². The number of aryl methyl sites for hydroxylation is 1. The Bertz CT molecular complexity index is 853. The highest BCUT2D eigenvalue weighted by Crippen LogP contribution is 2.24. The van der Waals surface area contributed by atoms with Gasteiger partial charge in [0, 0.05) is 23.1 Å². The number of halogens is 2. The summed E-state index contributed by atoms with van der Waals surface area (Å²) < 4.78 is 0. The van der Waals surface area contributed by atoms with E-state index in [1.807, 2.05) is 38.1 Å². The average molecular weight is 449 g/mol. The van der Waals surface area contributed by atoms with E-state index in [0.717, 1.165) is 29.5 Å². The molecule has 1 atom stereocenters. The standard InChI is InChI=1S/C24H30Cl2N2O2/c1-4-6-13-27-24(30)22(5-2)28(16-19-11-12-20(25)15-21(19)26)23(29)14-18-9-7-17(3)8-10-18/h7-12,15,22H,4-6,13-14,16H2,1-3H3,(H,27,30). The van der Waals surface area contributed by atoms with E-state index in [2.05, 4.69) is 12.2 Å². The van der Waals surface area contributed by atoms with Crippen molar-refractivity contribution in [1.82, 2.24) is 10.2 Å². The molecule has 4 nitrogen and oxygen atoms in total. The zero-order valence-electron chi connectivity index (χ0n) is 17.9. The van der Waals surface area contributed by atoms with Gasteiger partial charge in [-0.15, -0.1) is 0 Å². The molecule has 2 amide bonds. The molecule has 162 valence electrons. The minimum atomic E-state index is -0.563. The fraction of sp³-hybridized carbons (Fsp3) is 0.417. The van der Waals surface area contributed by atoms with Crippen LogP contribution in [0, 0.1) is 6.92 Å². The van der Waals surface area contributed by atoms with Crippen LogP contribution >= 0.6 is 23.2 Å². The third kappa shape index (κ3) is 7.03. The fourth-order valence-electron chi connectivity index (χ4n) is 3.24. The Balaban J connectivity index is 2.28. The summed E-state index contributed by atoms with van der Waals surface area (Å²) in [5, 5.41) is 3.98. The maximum absolute atomic E-state index is 13.3. The summed E-state index contributed by atoms with van der Waals surface area (Å²) >= 11 is 12.4. The lowest BCUT2D eigenvalue weighted by Gasteiger charge is -2.31. The number of nitrogens with one attached hydrogen (secondary N) is 1. The third-order valence-corrected chi connectivity index (χ3v) is 5.63. The molecule has 1 N–H and O–H groups in total. The first kappa shape index (κ1) is 24.2. The minimum Gasteiger partial charge on any atom is -0.354 e. The zero-order valence-corrected chi connectivity index (χ0v) is 19.4. The first-order valence-electron chi connectivity index (χ1n) is 10.4. The number of nitrogens with zero attached hydrogens (tertiary/aromatic N) is 1. The van der Waals surface area contributed by atoms with Crippen LogP contribution in [0.15, 0.2) is 42.5 Å². The van der Waals surface area contributed by atoms with E-state index in [1.165, 1.54) is 0 Å². The van der Waals surface area contributed by atoms with E-state index < -0.39 is 6.04 Å². The van der Waals surface area contributed by atoms with E-state index in [-0.39, 0.29) is 24.8 Å². The lowest BCUT2D eigenvalue weighted by atomic mass is 10.1. The predicted octanol–water partition coefficient (Wildman–Crippen LogP) is 5.57. The SMILES string of the molecule is CCCCNC(=O)C(CC)N(Cc1ccc(Cl)cc1Cl)C(=O)Cc1ccc(C)cc1. The molecule has 0 aliphatic heterocycles. The molecule has 0 radical (unpaired) electrons. The van der Waals surface area contributed by atoms with Gasteiger partial charge in [0.2, 0.25) is 11.8 Å². The lowest BCUT2D eigenvalue weighted by Crippen LogP contribution is -2.49. The van der Waals surface area contributed by atoms with Crippen molar-refractivity contribution in [2.75, 3.05) is 6.54 Å². The second-order valence-corrected chi connectivity index (χ2v) is 8.33. The average Bonchev–Trinajstić information content (AvgIpc) is 2.71. The van der Waals surface area contributed by atoms with Crippen LogP contribution in [0.1, 0.15) is 49.8 Å². The van der Waals surface area contributed by atoms with Crippen molar-refractivity contribution in [2.24, 2.45) is 0 Å². The quantitative estimate of drug-likeness (QED) is 0.483. The van der Waals surface area contributed by atoms with Gasteiger partial charge >= 0.3 is 0 Å². The second-order valence-electron chi connectivity index (χ2n) is 7.49. The van der Waals surface area contributed by atoms with Crippen molar-refractivity contribution in [2.45, 2.75) is 59.0 Å². The Labute approximate surface area is 189 Å². The van der Waals surface area contributed by atoms with Gasteiger partial charge in [0.25, 0.3) is 0 Å². The summed E-state index contributed by atoms with van der Waals surface area (Å²) in [6.45, 7) is 6.85. The highest BCUT2D eigenvalue weighted by atomic mass is 35.5. The van der Waals surface area contributed by atoms with Crippen molar-refractivity contribution in [3.63, 3.8) is 0 Å². The van der Waals surface area contributed by atoms with Crippen LogP contribution in [0.2, 0.25) is 10.0 Å². The van der Waals surface area contributed by atoms with Crippen LogP contribution in [0.5, 0.6) is 0 Å². The van der Waals surface area contributed by atoms with Crippen molar-refractivity contribution in [3.8, 4) is 0 Å². The van der Waals surface area contributed by atoms with Gasteiger partial charge in [0.1, 0.15) is 6.04 Å². The molecule has 0 heterocycles. The van der Waals surface area contributed by atoms with Crippen molar-refractivity contribution < 1.29 is 9.59 Å². The summed E-state index contributed by atoms with van der Waals surface area (Å²) in [5.41, 5.74) is 2.81. The van der Waals surface area contributed by atoms with Gasteiger partial charge in [-0.3, -0.25) is 9.59 Å². The van der Waals surface area contributed by atoms with Crippen LogP contribution in [-0.4, -0.2) is 29.3 Å². The molecule has 0 bridgehead atoms.